The van der Waals surface area contributed by atoms with Gasteiger partial charge in [0.15, 0.2) is 0 Å². The largest absolute Gasteiger partial charge is 0.348 e. The van der Waals surface area contributed by atoms with Crippen LogP contribution in [0.25, 0.3) is 0 Å². The summed E-state index contributed by atoms with van der Waals surface area (Å²) in [4.78, 5) is 12.8. The van der Waals surface area contributed by atoms with Crippen LogP contribution in [0.15, 0.2) is 48.6 Å². The summed E-state index contributed by atoms with van der Waals surface area (Å²) in [6, 6.07) is 8.67. The van der Waals surface area contributed by atoms with E-state index in [1.54, 1.807) is 0 Å². The molecule has 1 aliphatic heterocycles. The number of hydrazine groups is 1. The summed E-state index contributed by atoms with van der Waals surface area (Å²) < 4.78 is 0. The summed E-state index contributed by atoms with van der Waals surface area (Å²) in [6.07, 6.45) is 12.6. The molecular formula is C19H23N3O. The van der Waals surface area contributed by atoms with Gasteiger partial charge in [-0.2, -0.15) is 0 Å². The van der Waals surface area contributed by atoms with E-state index in [1.807, 2.05) is 0 Å². The number of aryl methyl sites for hydroxylation is 1. The minimum absolute atomic E-state index is 0.107. The number of carbonyl (C=O) groups is 1. The van der Waals surface area contributed by atoms with E-state index in [0.717, 1.165) is 25.7 Å². The summed E-state index contributed by atoms with van der Waals surface area (Å²) in [5, 5.41) is 3.28. The first-order valence-corrected chi connectivity index (χ1v) is 8.55. The molecule has 23 heavy (non-hydrogen) atoms. The molecule has 1 heterocycles. The second-order valence-corrected chi connectivity index (χ2v) is 6.66. The van der Waals surface area contributed by atoms with E-state index < -0.39 is 0 Å². The van der Waals surface area contributed by atoms with Gasteiger partial charge in [-0.05, 0) is 36.8 Å². The molecule has 4 heteroatoms. The maximum absolute atomic E-state index is 12.8. The summed E-state index contributed by atoms with van der Waals surface area (Å²) in [6.45, 7) is 0. The van der Waals surface area contributed by atoms with Gasteiger partial charge in [0.05, 0.1) is 6.04 Å². The number of hydrogen-bond acceptors (Lipinski definition) is 3. The van der Waals surface area contributed by atoms with Crippen LogP contribution in [0, 0.1) is 5.92 Å². The maximum Gasteiger partial charge on any atom is 0.239 e. The van der Waals surface area contributed by atoms with Gasteiger partial charge in [0, 0.05) is 12.0 Å². The van der Waals surface area contributed by atoms with Gasteiger partial charge in [-0.25, -0.2) is 10.9 Å². The lowest BCUT2D eigenvalue weighted by molar-refractivity contribution is -0.124. The van der Waals surface area contributed by atoms with E-state index in [1.165, 1.54) is 11.1 Å². The SMILES string of the molecule is O=C(NC1CCCc2ccccc21)C1NNC2C=CC=CCC21. The predicted octanol–water partition coefficient (Wildman–Crippen LogP) is 2.16. The molecule has 3 N–H and O–H groups in total. The second-order valence-electron chi connectivity index (χ2n) is 6.66. The van der Waals surface area contributed by atoms with Crippen LogP contribution in [0.3, 0.4) is 0 Å². The molecule has 0 aromatic heterocycles. The Morgan fingerprint density at radius 1 is 1.17 bits per heavy atom. The van der Waals surface area contributed by atoms with Crippen molar-refractivity contribution in [2.75, 3.05) is 0 Å². The van der Waals surface area contributed by atoms with Crippen molar-refractivity contribution in [1.82, 2.24) is 16.2 Å². The summed E-state index contributed by atoms with van der Waals surface area (Å²) in [7, 11) is 0. The number of allylic oxidation sites excluding steroid dienone is 3. The molecule has 4 nitrogen and oxygen atoms in total. The Morgan fingerprint density at radius 2 is 2.09 bits per heavy atom. The van der Waals surface area contributed by atoms with Crippen molar-refractivity contribution in [3.63, 3.8) is 0 Å². The van der Waals surface area contributed by atoms with Crippen molar-refractivity contribution in [1.29, 1.82) is 0 Å². The third kappa shape index (κ3) is 2.84. The molecule has 0 spiro atoms. The fourth-order valence-corrected chi connectivity index (χ4v) is 4.00. The molecule has 1 saturated heterocycles. The van der Waals surface area contributed by atoms with E-state index in [-0.39, 0.29) is 30.0 Å². The molecule has 2 aliphatic carbocycles. The molecule has 3 aliphatic rings. The lowest BCUT2D eigenvalue weighted by Gasteiger charge is -2.28. The number of nitrogens with one attached hydrogen (secondary N) is 3. The van der Waals surface area contributed by atoms with Crippen molar-refractivity contribution >= 4 is 5.91 Å². The van der Waals surface area contributed by atoms with Crippen molar-refractivity contribution in [2.45, 2.75) is 43.8 Å². The molecule has 0 radical (unpaired) electrons. The zero-order valence-corrected chi connectivity index (χ0v) is 13.2. The Morgan fingerprint density at radius 3 is 3.04 bits per heavy atom. The number of carbonyl (C=O) groups excluding carboxylic acids is 1. The quantitative estimate of drug-likeness (QED) is 0.785. The smallest absolute Gasteiger partial charge is 0.239 e. The van der Waals surface area contributed by atoms with Crippen molar-refractivity contribution in [2.24, 2.45) is 5.92 Å². The Bertz CT molecular complexity index is 652. The Balaban J connectivity index is 1.49. The van der Waals surface area contributed by atoms with Crippen LogP contribution < -0.4 is 16.2 Å². The lowest BCUT2D eigenvalue weighted by Crippen LogP contribution is -2.47. The number of benzene rings is 1. The maximum atomic E-state index is 12.8. The highest BCUT2D eigenvalue weighted by molar-refractivity contribution is 5.83. The van der Waals surface area contributed by atoms with E-state index in [4.69, 9.17) is 0 Å². The predicted molar refractivity (Wildman–Crippen MR) is 90.5 cm³/mol. The van der Waals surface area contributed by atoms with Crippen molar-refractivity contribution < 1.29 is 4.79 Å². The number of rotatable bonds is 2. The van der Waals surface area contributed by atoms with Gasteiger partial charge >= 0.3 is 0 Å². The minimum atomic E-state index is -0.179. The first-order valence-electron chi connectivity index (χ1n) is 8.55. The monoisotopic (exact) mass is 309 g/mol. The van der Waals surface area contributed by atoms with Gasteiger partial charge in [0.1, 0.15) is 6.04 Å². The summed E-state index contributed by atoms with van der Waals surface area (Å²) in [5.74, 6) is 0.374. The molecular weight excluding hydrogens is 286 g/mol. The fraction of sp³-hybridized carbons (Fsp3) is 0.421. The Kier molecular flexibility index (Phi) is 4.02. The zero-order valence-electron chi connectivity index (χ0n) is 13.2. The van der Waals surface area contributed by atoms with E-state index >= 15 is 0 Å². The minimum Gasteiger partial charge on any atom is -0.348 e. The summed E-state index contributed by atoms with van der Waals surface area (Å²) >= 11 is 0. The van der Waals surface area contributed by atoms with Crippen LogP contribution in [0.2, 0.25) is 0 Å². The van der Waals surface area contributed by atoms with Gasteiger partial charge in [-0.15, -0.1) is 0 Å². The second kappa shape index (κ2) is 6.30. The highest BCUT2D eigenvalue weighted by atomic mass is 16.2. The van der Waals surface area contributed by atoms with E-state index in [0.29, 0.717) is 0 Å². The van der Waals surface area contributed by atoms with Gasteiger partial charge in [0.2, 0.25) is 5.91 Å². The molecule has 4 atom stereocenters. The third-order valence-corrected chi connectivity index (χ3v) is 5.24. The summed E-state index contributed by atoms with van der Waals surface area (Å²) in [5.41, 5.74) is 9.10. The molecule has 1 fully saturated rings. The number of hydrogen-bond donors (Lipinski definition) is 3. The van der Waals surface area contributed by atoms with Crippen LogP contribution in [0.4, 0.5) is 0 Å². The molecule has 120 valence electrons. The highest BCUT2D eigenvalue weighted by Gasteiger charge is 2.39. The molecule has 1 amide bonds. The van der Waals surface area contributed by atoms with Crippen LogP contribution >= 0.6 is 0 Å². The standard InChI is InChI=1S/C19H23N3O/c23-19(18-15-10-2-1-3-11-17(15)21-22-18)20-16-12-6-8-13-7-4-5-9-14(13)16/h1-5,7,9,11,15-18,21-22H,6,8,10,12H2,(H,20,23). The molecule has 4 unspecified atom stereocenters. The van der Waals surface area contributed by atoms with Crippen LogP contribution in [0.1, 0.15) is 36.4 Å². The van der Waals surface area contributed by atoms with Gasteiger partial charge in [-0.3, -0.25) is 4.79 Å². The first kappa shape index (κ1) is 14.7. The third-order valence-electron chi connectivity index (χ3n) is 5.24. The molecule has 1 aromatic rings. The fourth-order valence-electron chi connectivity index (χ4n) is 4.00. The molecule has 0 bridgehead atoms. The van der Waals surface area contributed by atoms with Crippen LogP contribution in [-0.2, 0) is 11.2 Å². The molecule has 1 aromatic carbocycles. The van der Waals surface area contributed by atoms with E-state index in [2.05, 4.69) is 64.7 Å². The lowest BCUT2D eigenvalue weighted by atomic mass is 9.86. The van der Waals surface area contributed by atoms with Crippen LogP contribution in [0.5, 0.6) is 0 Å². The van der Waals surface area contributed by atoms with Gasteiger partial charge < -0.3 is 5.32 Å². The van der Waals surface area contributed by atoms with Crippen molar-refractivity contribution in [3.05, 3.63) is 59.7 Å². The average molecular weight is 309 g/mol. The highest BCUT2D eigenvalue weighted by Crippen LogP contribution is 2.30. The topological polar surface area (TPSA) is 53.2 Å². The molecule has 0 saturated carbocycles. The van der Waals surface area contributed by atoms with E-state index in [9.17, 15) is 4.79 Å². The van der Waals surface area contributed by atoms with Crippen LogP contribution in [-0.4, -0.2) is 18.0 Å². The Labute approximate surface area is 137 Å². The number of amides is 1. The first-order chi connectivity index (χ1) is 11.3. The van der Waals surface area contributed by atoms with Gasteiger partial charge in [-0.1, -0.05) is 48.6 Å². The average Bonchev–Trinajstić information content (AvgIpc) is 2.84. The number of fused-ring (bicyclic) bond motifs is 2. The zero-order chi connectivity index (χ0) is 15.6. The van der Waals surface area contributed by atoms with Gasteiger partial charge in [0.25, 0.3) is 0 Å². The molecule has 4 rings (SSSR count). The van der Waals surface area contributed by atoms with Crippen molar-refractivity contribution in [3.8, 4) is 0 Å². The normalized spacial score (nSPS) is 32.0. The Hall–Kier alpha value is -1.91.